The molecule has 1 aliphatic heterocycles. The average molecular weight is 556 g/mol. The number of nitrogen functional groups attached to an aromatic ring is 1. The summed E-state index contributed by atoms with van der Waals surface area (Å²) in [5, 5.41) is 0.540. The number of aromatic amines is 1. The van der Waals surface area contributed by atoms with E-state index in [1.807, 2.05) is 25.1 Å². The summed E-state index contributed by atoms with van der Waals surface area (Å²) >= 11 is 6.26. The van der Waals surface area contributed by atoms with Crippen LogP contribution in [0.5, 0.6) is 5.75 Å². The number of aryl methyl sites for hydroxylation is 1. The standard InChI is InChI=1S/C30H30ClN7O2/c1-18-4-7-21(31)15-23(18)28-24(29(32)39)16-25(35-28)27-20(17-34-30(33)36-27)6-5-19-14-22(8-9-26(19)40-3)38-12-10-37(2)11-13-38/h4,7-9,14-17,35H,10-13H2,1-3H3,(H2,32,39)(H2,33,34,36). The number of hydrogen-bond donors (Lipinski definition) is 3. The number of halogens is 1. The van der Waals surface area contributed by atoms with Gasteiger partial charge < -0.3 is 31.0 Å². The van der Waals surface area contributed by atoms with E-state index >= 15 is 0 Å². The van der Waals surface area contributed by atoms with Crippen molar-refractivity contribution in [3.63, 3.8) is 0 Å². The van der Waals surface area contributed by atoms with Crippen molar-refractivity contribution in [3.05, 3.63) is 75.9 Å². The fraction of sp³-hybridized carbons (Fsp3) is 0.233. The number of piperazine rings is 1. The topological polar surface area (TPSA) is 126 Å². The number of H-pyrrole nitrogens is 1. The number of nitrogens with one attached hydrogen (secondary N) is 1. The Balaban J connectivity index is 1.57. The van der Waals surface area contributed by atoms with Crippen molar-refractivity contribution >= 4 is 29.1 Å². The van der Waals surface area contributed by atoms with Crippen LogP contribution in [0.3, 0.4) is 0 Å². The third-order valence-corrected chi connectivity index (χ3v) is 7.23. The summed E-state index contributed by atoms with van der Waals surface area (Å²) in [6.45, 7) is 5.81. The highest BCUT2D eigenvalue weighted by Crippen LogP contribution is 2.33. The molecule has 1 fully saturated rings. The van der Waals surface area contributed by atoms with Crippen molar-refractivity contribution in [1.82, 2.24) is 19.9 Å². The lowest BCUT2D eigenvalue weighted by Gasteiger charge is -2.34. The van der Waals surface area contributed by atoms with E-state index in [0.717, 1.165) is 48.6 Å². The van der Waals surface area contributed by atoms with Crippen molar-refractivity contribution in [2.45, 2.75) is 6.92 Å². The largest absolute Gasteiger partial charge is 0.495 e. The molecule has 0 atom stereocenters. The lowest BCUT2D eigenvalue weighted by Crippen LogP contribution is -2.44. The molecule has 3 heterocycles. The summed E-state index contributed by atoms with van der Waals surface area (Å²) in [5.74, 6) is 6.58. The Morgan fingerprint density at radius 2 is 1.82 bits per heavy atom. The Morgan fingerprint density at radius 3 is 2.55 bits per heavy atom. The van der Waals surface area contributed by atoms with Gasteiger partial charge in [-0.3, -0.25) is 4.79 Å². The Kier molecular flexibility index (Phi) is 7.65. The lowest BCUT2D eigenvalue weighted by atomic mass is 10.0. The monoisotopic (exact) mass is 555 g/mol. The van der Waals surface area contributed by atoms with Crippen LogP contribution in [0.25, 0.3) is 22.6 Å². The highest BCUT2D eigenvalue weighted by molar-refractivity contribution is 6.31. The van der Waals surface area contributed by atoms with Gasteiger partial charge in [-0.05, 0) is 55.9 Å². The molecular weight excluding hydrogens is 526 g/mol. The highest BCUT2D eigenvalue weighted by atomic mass is 35.5. The number of nitrogens with zero attached hydrogens (tertiary/aromatic N) is 4. The first kappa shape index (κ1) is 27.1. The van der Waals surface area contributed by atoms with Crippen LogP contribution in [0.1, 0.15) is 27.0 Å². The van der Waals surface area contributed by atoms with Gasteiger partial charge in [-0.1, -0.05) is 29.5 Å². The molecule has 2 aromatic heterocycles. The van der Waals surface area contributed by atoms with E-state index in [9.17, 15) is 4.79 Å². The van der Waals surface area contributed by atoms with Crippen molar-refractivity contribution in [2.24, 2.45) is 5.73 Å². The summed E-state index contributed by atoms with van der Waals surface area (Å²) in [4.78, 5) is 29.0. The summed E-state index contributed by atoms with van der Waals surface area (Å²) in [6.07, 6.45) is 1.57. The normalized spacial score (nSPS) is 13.6. The maximum atomic E-state index is 12.4. The van der Waals surface area contributed by atoms with Gasteiger partial charge in [-0.25, -0.2) is 9.97 Å². The van der Waals surface area contributed by atoms with Crippen LogP contribution in [-0.2, 0) is 0 Å². The smallest absolute Gasteiger partial charge is 0.250 e. The maximum Gasteiger partial charge on any atom is 0.250 e. The van der Waals surface area contributed by atoms with Crippen LogP contribution in [0.15, 0.2) is 48.7 Å². The van der Waals surface area contributed by atoms with Gasteiger partial charge in [0.1, 0.15) is 11.4 Å². The van der Waals surface area contributed by atoms with E-state index in [2.05, 4.69) is 49.7 Å². The highest BCUT2D eigenvalue weighted by Gasteiger charge is 2.20. The number of benzene rings is 2. The van der Waals surface area contributed by atoms with Crippen LogP contribution in [-0.4, -0.2) is 66.1 Å². The Hall–Kier alpha value is -4.52. The number of rotatable bonds is 5. The van der Waals surface area contributed by atoms with Crippen LogP contribution >= 0.6 is 11.6 Å². The third kappa shape index (κ3) is 5.59. The number of primary amides is 1. The summed E-state index contributed by atoms with van der Waals surface area (Å²) in [6, 6.07) is 13.1. The number of aromatic nitrogens is 3. The first-order valence-electron chi connectivity index (χ1n) is 12.8. The fourth-order valence-electron chi connectivity index (χ4n) is 4.73. The number of carbonyl (C=O) groups is 1. The first-order chi connectivity index (χ1) is 19.2. The van der Waals surface area contributed by atoms with E-state index in [1.165, 1.54) is 0 Å². The van der Waals surface area contributed by atoms with E-state index < -0.39 is 5.91 Å². The number of carbonyl (C=O) groups excluding carboxylic acids is 1. The molecule has 0 unspecified atom stereocenters. The number of amides is 1. The predicted molar refractivity (Wildman–Crippen MR) is 159 cm³/mol. The summed E-state index contributed by atoms with van der Waals surface area (Å²) in [7, 11) is 3.75. The zero-order valence-electron chi connectivity index (χ0n) is 22.6. The molecule has 1 aliphatic rings. The summed E-state index contributed by atoms with van der Waals surface area (Å²) in [5.41, 5.74) is 17.6. The molecule has 0 spiro atoms. The zero-order valence-corrected chi connectivity index (χ0v) is 23.3. The summed E-state index contributed by atoms with van der Waals surface area (Å²) < 4.78 is 5.59. The molecule has 5 N–H and O–H groups in total. The van der Waals surface area contributed by atoms with Crippen molar-refractivity contribution in [1.29, 1.82) is 0 Å². The van der Waals surface area contributed by atoms with Crippen LogP contribution in [0.2, 0.25) is 5.02 Å². The number of nitrogens with two attached hydrogens (primary N) is 2. The van der Waals surface area contributed by atoms with Gasteiger partial charge in [-0.15, -0.1) is 0 Å². The van der Waals surface area contributed by atoms with Gasteiger partial charge in [0.15, 0.2) is 0 Å². The molecule has 5 rings (SSSR count). The fourth-order valence-corrected chi connectivity index (χ4v) is 4.91. The quantitative estimate of drug-likeness (QED) is 0.318. The minimum Gasteiger partial charge on any atom is -0.495 e. The third-order valence-electron chi connectivity index (χ3n) is 7.00. The second-order valence-corrected chi connectivity index (χ2v) is 10.1. The molecule has 10 heteroatoms. The van der Waals surface area contributed by atoms with Crippen molar-refractivity contribution < 1.29 is 9.53 Å². The zero-order chi connectivity index (χ0) is 28.4. The molecule has 1 amide bonds. The Bertz CT molecular complexity index is 1650. The van der Waals surface area contributed by atoms with Crippen LogP contribution < -0.4 is 21.1 Å². The number of methoxy groups -OCH3 is 1. The van der Waals surface area contributed by atoms with Crippen LogP contribution in [0.4, 0.5) is 11.6 Å². The van der Waals surface area contributed by atoms with Gasteiger partial charge in [0.25, 0.3) is 5.91 Å². The molecule has 204 valence electrons. The van der Waals surface area contributed by atoms with E-state index in [0.29, 0.717) is 39.0 Å². The van der Waals surface area contributed by atoms with E-state index in [4.69, 9.17) is 27.8 Å². The lowest BCUT2D eigenvalue weighted by molar-refractivity contribution is 0.100. The first-order valence-corrected chi connectivity index (χ1v) is 13.2. The molecule has 4 aromatic rings. The van der Waals surface area contributed by atoms with Gasteiger partial charge >= 0.3 is 0 Å². The SMILES string of the molecule is COc1ccc(N2CCN(C)CC2)cc1C#Cc1cnc(N)nc1-c1cc(C(N)=O)c(-c2cc(Cl)ccc2C)[nH]1. The molecule has 0 aliphatic carbocycles. The molecule has 40 heavy (non-hydrogen) atoms. The molecule has 0 saturated carbocycles. The molecule has 9 nitrogen and oxygen atoms in total. The number of hydrogen-bond acceptors (Lipinski definition) is 7. The molecule has 2 aromatic carbocycles. The molecule has 0 radical (unpaired) electrons. The Labute approximate surface area is 238 Å². The molecule has 0 bridgehead atoms. The van der Waals surface area contributed by atoms with Gasteiger partial charge in [-0.2, -0.15) is 0 Å². The van der Waals surface area contributed by atoms with Gasteiger partial charge in [0, 0.05) is 48.6 Å². The molecule has 1 saturated heterocycles. The predicted octanol–water partition coefficient (Wildman–Crippen LogP) is 3.94. The van der Waals surface area contributed by atoms with E-state index in [1.54, 1.807) is 31.5 Å². The second-order valence-electron chi connectivity index (χ2n) is 9.71. The second kappa shape index (κ2) is 11.3. The van der Waals surface area contributed by atoms with Crippen molar-refractivity contribution in [3.8, 4) is 40.2 Å². The van der Waals surface area contributed by atoms with E-state index in [-0.39, 0.29) is 5.95 Å². The number of likely N-dealkylation sites (N-methyl/N-ethyl adjacent to an activating group) is 1. The Morgan fingerprint density at radius 1 is 1.07 bits per heavy atom. The minimum atomic E-state index is -0.586. The minimum absolute atomic E-state index is 0.0749. The maximum absolute atomic E-state index is 12.4. The molecular formula is C30H30ClN7O2. The average Bonchev–Trinajstić information content (AvgIpc) is 3.39. The van der Waals surface area contributed by atoms with Crippen LogP contribution in [0, 0.1) is 18.8 Å². The van der Waals surface area contributed by atoms with Crippen molar-refractivity contribution in [2.75, 3.05) is 51.0 Å². The number of anilines is 2. The van der Waals surface area contributed by atoms with Gasteiger partial charge in [0.2, 0.25) is 5.95 Å². The number of ether oxygens (including phenoxy) is 1. The van der Waals surface area contributed by atoms with Gasteiger partial charge in [0.05, 0.1) is 35.2 Å².